The summed E-state index contributed by atoms with van der Waals surface area (Å²) in [5, 5.41) is 0. The molecule has 3 aromatic rings. The van der Waals surface area contributed by atoms with Crippen LogP contribution in [0, 0.1) is 0 Å². The van der Waals surface area contributed by atoms with Crippen LogP contribution < -0.4 is 4.31 Å². The third-order valence-corrected chi connectivity index (χ3v) is 7.66. The van der Waals surface area contributed by atoms with Crippen molar-refractivity contribution in [3.8, 4) is 0 Å². The van der Waals surface area contributed by atoms with Gasteiger partial charge in [0.2, 0.25) is 0 Å². The Morgan fingerprint density at radius 2 is 1.56 bits per heavy atom. The molecule has 7 nitrogen and oxygen atoms in total. The SMILES string of the molecule is CN(C)S(=O)(=O)N(Cc1ccccc1)c1ccc(C(=O)N2CCOC(c3ccccc3)C2)cc1. The van der Waals surface area contributed by atoms with Gasteiger partial charge in [0.25, 0.3) is 5.91 Å². The van der Waals surface area contributed by atoms with Crippen molar-refractivity contribution in [2.75, 3.05) is 38.1 Å². The molecule has 0 saturated carbocycles. The van der Waals surface area contributed by atoms with E-state index in [2.05, 4.69) is 0 Å². The van der Waals surface area contributed by atoms with Gasteiger partial charge in [-0.05, 0) is 35.4 Å². The Balaban J connectivity index is 1.54. The molecule has 1 saturated heterocycles. The van der Waals surface area contributed by atoms with Crippen LogP contribution in [0.5, 0.6) is 0 Å². The standard InChI is InChI=1S/C26H29N3O4S/c1-27(2)34(31,32)29(19-21-9-5-3-6-10-21)24-15-13-23(14-16-24)26(30)28-17-18-33-25(20-28)22-11-7-4-8-12-22/h3-16,25H,17-20H2,1-2H3. The molecule has 1 aliphatic heterocycles. The molecule has 1 fully saturated rings. The lowest BCUT2D eigenvalue weighted by molar-refractivity contribution is -0.0228. The van der Waals surface area contributed by atoms with Gasteiger partial charge in [-0.2, -0.15) is 12.7 Å². The maximum atomic E-state index is 13.2. The van der Waals surface area contributed by atoms with Gasteiger partial charge in [0.1, 0.15) is 6.10 Å². The summed E-state index contributed by atoms with van der Waals surface area (Å²) in [6, 6.07) is 26.0. The molecule has 3 aromatic carbocycles. The molecule has 0 spiro atoms. The first-order valence-corrected chi connectivity index (χ1v) is 12.6. The van der Waals surface area contributed by atoms with E-state index in [1.807, 2.05) is 60.7 Å². The van der Waals surface area contributed by atoms with Crippen LogP contribution in [-0.2, 0) is 21.5 Å². The average Bonchev–Trinajstić information content (AvgIpc) is 2.88. The highest BCUT2D eigenvalue weighted by molar-refractivity contribution is 7.90. The van der Waals surface area contributed by atoms with Gasteiger partial charge in [-0.1, -0.05) is 60.7 Å². The Hall–Kier alpha value is -3.20. The van der Waals surface area contributed by atoms with Crippen LogP contribution in [0.4, 0.5) is 5.69 Å². The third-order valence-electron chi connectivity index (χ3n) is 5.84. The summed E-state index contributed by atoms with van der Waals surface area (Å²) < 4.78 is 34.5. The van der Waals surface area contributed by atoms with Crippen LogP contribution >= 0.6 is 0 Å². The van der Waals surface area contributed by atoms with E-state index in [-0.39, 0.29) is 18.6 Å². The summed E-state index contributed by atoms with van der Waals surface area (Å²) in [5.41, 5.74) is 2.92. The second-order valence-corrected chi connectivity index (χ2v) is 10.4. The van der Waals surface area contributed by atoms with E-state index in [4.69, 9.17) is 4.74 Å². The van der Waals surface area contributed by atoms with Crippen molar-refractivity contribution in [2.45, 2.75) is 12.6 Å². The lowest BCUT2D eigenvalue weighted by Gasteiger charge is -2.33. The lowest BCUT2D eigenvalue weighted by Crippen LogP contribution is -2.42. The Labute approximate surface area is 201 Å². The van der Waals surface area contributed by atoms with Gasteiger partial charge in [0.05, 0.1) is 25.4 Å². The summed E-state index contributed by atoms with van der Waals surface area (Å²) in [6.07, 6.45) is -0.162. The summed E-state index contributed by atoms with van der Waals surface area (Å²) in [4.78, 5) is 15.0. The number of morpholine rings is 1. The molecule has 178 valence electrons. The molecule has 0 N–H and O–H groups in total. The van der Waals surface area contributed by atoms with Gasteiger partial charge in [-0.15, -0.1) is 0 Å². The molecule has 1 heterocycles. The number of anilines is 1. The first-order chi connectivity index (χ1) is 16.4. The van der Waals surface area contributed by atoms with E-state index in [0.717, 1.165) is 11.1 Å². The smallest absolute Gasteiger partial charge is 0.303 e. The van der Waals surface area contributed by atoms with E-state index in [0.29, 0.717) is 30.9 Å². The molecular formula is C26H29N3O4S. The van der Waals surface area contributed by atoms with Crippen molar-refractivity contribution in [2.24, 2.45) is 0 Å². The van der Waals surface area contributed by atoms with E-state index in [1.54, 1.807) is 29.2 Å². The topological polar surface area (TPSA) is 70.2 Å². The summed E-state index contributed by atoms with van der Waals surface area (Å²) in [7, 11) is -0.713. The number of rotatable bonds is 7. The zero-order valence-electron chi connectivity index (χ0n) is 19.4. The highest BCUT2D eigenvalue weighted by Crippen LogP contribution is 2.26. The van der Waals surface area contributed by atoms with E-state index in [1.165, 1.54) is 22.7 Å². The van der Waals surface area contributed by atoms with E-state index < -0.39 is 10.2 Å². The number of ether oxygens (including phenoxy) is 1. The van der Waals surface area contributed by atoms with Crippen LogP contribution in [0.25, 0.3) is 0 Å². The van der Waals surface area contributed by atoms with Crippen LogP contribution in [0.3, 0.4) is 0 Å². The first-order valence-electron chi connectivity index (χ1n) is 11.2. The lowest BCUT2D eigenvalue weighted by atomic mass is 10.1. The van der Waals surface area contributed by atoms with Gasteiger partial charge in [0, 0.05) is 26.2 Å². The number of carbonyl (C=O) groups excluding carboxylic acids is 1. The van der Waals surface area contributed by atoms with Gasteiger partial charge < -0.3 is 9.64 Å². The number of amides is 1. The zero-order chi connectivity index (χ0) is 24.1. The van der Waals surface area contributed by atoms with Gasteiger partial charge >= 0.3 is 10.2 Å². The van der Waals surface area contributed by atoms with Gasteiger partial charge in [-0.3, -0.25) is 9.10 Å². The van der Waals surface area contributed by atoms with E-state index >= 15 is 0 Å². The zero-order valence-corrected chi connectivity index (χ0v) is 20.2. The minimum absolute atomic E-state index is 0.0964. The minimum atomic E-state index is -3.73. The van der Waals surface area contributed by atoms with Crippen molar-refractivity contribution in [3.63, 3.8) is 0 Å². The Morgan fingerprint density at radius 3 is 2.18 bits per heavy atom. The van der Waals surface area contributed by atoms with Crippen LogP contribution in [0.2, 0.25) is 0 Å². The molecule has 0 radical (unpaired) electrons. The molecule has 1 atom stereocenters. The normalized spacial score (nSPS) is 16.4. The molecule has 1 amide bonds. The average molecular weight is 480 g/mol. The largest absolute Gasteiger partial charge is 0.370 e. The Morgan fingerprint density at radius 1 is 0.941 bits per heavy atom. The van der Waals surface area contributed by atoms with Crippen molar-refractivity contribution in [1.29, 1.82) is 0 Å². The molecule has 0 aromatic heterocycles. The summed E-state index contributed by atoms with van der Waals surface area (Å²) in [5.74, 6) is -0.0964. The Bertz CT molecular complexity index is 1200. The maximum Gasteiger partial charge on any atom is 0.303 e. The molecule has 0 aliphatic carbocycles. The molecular weight excluding hydrogens is 450 g/mol. The van der Waals surface area contributed by atoms with Crippen LogP contribution in [-0.4, -0.2) is 57.3 Å². The predicted octanol–water partition coefficient (Wildman–Crippen LogP) is 3.71. The van der Waals surface area contributed by atoms with Crippen LogP contribution in [0.15, 0.2) is 84.9 Å². The monoisotopic (exact) mass is 479 g/mol. The van der Waals surface area contributed by atoms with Crippen LogP contribution in [0.1, 0.15) is 27.6 Å². The predicted molar refractivity (Wildman–Crippen MR) is 133 cm³/mol. The second-order valence-electron chi connectivity index (χ2n) is 8.35. The first kappa shape index (κ1) is 23.9. The second kappa shape index (κ2) is 10.4. The number of benzene rings is 3. The van der Waals surface area contributed by atoms with Crippen molar-refractivity contribution >= 4 is 21.8 Å². The van der Waals surface area contributed by atoms with Crippen molar-refractivity contribution in [1.82, 2.24) is 9.21 Å². The molecule has 34 heavy (non-hydrogen) atoms. The molecule has 8 heteroatoms. The minimum Gasteiger partial charge on any atom is -0.370 e. The molecule has 1 unspecified atom stereocenters. The van der Waals surface area contributed by atoms with E-state index in [9.17, 15) is 13.2 Å². The highest BCUT2D eigenvalue weighted by atomic mass is 32.2. The fourth-order valence-corrected chi connectivity index (χ4v) is 5.00. The number of carbonyl (C=O) groups is 1. The summed E-state index contributed by atoms with van der Waals surface area (Å²) in [6.45, 7) is 1.64. The number of nitrogens with zero attached hydrogens (tertiary/aromatic N) is 3. The number of hydrogen-bond acceptors (Lipinski definition) is 4. The quantitative estimate of drug-likeness (QED) is 0.518. The van der Waals surface area contributed by atoms with Crippen molar-refractivity contribution in [3.05, 3.63) is 102 Å². The summed E-state index contributed by atoms with van der Waals surface area (Å²) >= 11 is 0. The van der Waals surface area contributed by atoms with Crippen molar-refractivity contribution < 1.29 is 17.9 Å². The van der Waals surface area contributed by atoms with Gasteiger partial charge in [-0.25, -0.2) is 0 Å². The van der Waals surface area contributed by atoms with Gasteiger partial charge in [0.15, 0.2) is 0 Å². The molecule has 4 rings (SSSR count). The maximum absolute atomic E-state index is 13.2. The molecule has 0 bridgehead atoms. The fraction of sp³-hybridized carbons (Fsp3) is 0.269. The third kappa shape index (κ3) is 5.30. The highest BCUT2D eigenvalue weighted by Gasteiger charge is 2.28. The Kier molecular flexibility index (Phi) is 7.31. The number of hydrogen-bond donors (Lipinski definition) is 0. The fourth-order valence-electron chi connectivity index (χ4n) is 3.91. The molecule has 1 aliphatic rings.